The highest BCUT2D eigenvalue weighted by atomic mass is 15.3. The maximum absolute atomic E-state index is 4.42. The first-order valence-electron chi connectivity index (χ1n) is 8.16. The third-order valence-electron chi connectivity index (χ3n) is 3.06. The second-order valence-corrected chi connectivity index (χ2v) is 7.10. The molecule has 0 aliphatic rings. The average molecular weight is 292 g/mol. The van der Waals surface area contributed by atoms with Crippen LogP contribution in [0, 0.1) is 17.8 Å². The van der Waals surface area contributed by atoms with E-state index in [0.29, 0.717) is 17.8 Å². The van der Waals surface area contributed by atoms with Crippen LogP contribution in [-0.2, 0) is 6.54 Å². The van der Waals surface area contributed by atoms with E-state index in [-0.39, 0.29) is 0 Å². The number of anilines is 1. The minimum absolute atomic E-state index is 0.623. The van der Waals surface area contributed by atoms with E-state index >= 15 is 0 Å². The first-order valence-corrected chi connectivity index (χ1v) is 8.16. The molecular weight excluding hydrogens is 260 g/mol. The number of nitrogens with zero attached hydrogens (tertiary/aromatic N) is 3. The van der Waals surface area contributed by atoms with Crippen molar-refractivity contribution < 1.29 is 0 Å². The molecule has 4 heteroatoms. The van der Waals surface area contributed by atoms with Gasteiger partial charge in [-0.15, -0.1) is 5.10 Å². The molecule has 0 fully saturated rings. The molecule has 0 aliphatic heterocycles. The predicted octanol–water partition coefficient (Wildman–Crippen LogP) is 3.34. The molecule has 21 heavy (non-hydrogen) atoms. The van der Waals surface area contributed by atoms with Crippen molar-refractivity contribution in [3.05, 3.63) is 17.8 Å². The fourth-order valence-electron chi connectivity index (χ4n) is 2.25. The zero-order valence-electron chi connectivity index (χ0n) is 14.6. The summed E-state index contributed by atoms with van der Waals surface area (Å²) in [6.45, 7) is 17.2. The fraction of sp³-hybridized carbons (Fsp3) is 0.765. The van der Waals surface area contributed by atoms with Crippen LogP contribution in [0.1, 0.15) is 47.2 Å². The summed E-state index contributed by atoms with van der Waals surface area (Å²) in [6.07, 6.45) is 0. The monoisotopic (exact) mass is 292 g/mol. The van der Waals surface area contributed by atoms with Crippen LogP contribution in [0.25, 0.3) is 0 Å². The lowest BCUT2D eigenvalue weighted by Gasteiger charge is -2.27. The van der Waals surface area contributed by atoms with E-state index in [4.69, 9.17) is 0 Å². The molecule has 1 rings (SSSR count). The van der Waals surface area contributed by atoms with Crippen molar-refractivity contribution in [3.63, 3.8) is 0 Å². The third kappa shape index (κ3) is 7.42. The van der Waals surface area contributed by atoms with Crippen LogP contribution in [0.15, 0.2) is 12.1 Å². The standard InChI is InChI=1S/C17H32N4/c1-13(2)9-18-10-16-7-8-17(20-19-16)21(11-14(3)4)12-15(5)6/h7-8,13-15,18H,9-12H2,1-6H3. The zero-order valence-corrected chi connectivity index (χ0v) is 14.6. The van der Waals surface area contributed by atoms with Crippen molar-refractivity contribution >= 4 is 5.82 Å². The lowest BCUT2D eigenvalue weighted by Crippen LogP contribution is -2.32. The molecule has 0 bridgehead atoms. The maximum atomic E-state index is 4.42. The van der Waals surface area contributed by atoms with Gasteiger partial charge >= 0.3 is 0 Å². The predicted molar refractivity (Wildman–Crippen MR) is 90.5 cm³/mol. The van der Waals surface area contributed by atoms with Crippen LogP contribution in [0.2, 0.25) is 0 Å². The summed E-state index contributed by atoms with van der Waals surface area (Å²) in [5.41, 5.74) is 1.01. The van der Waals surface area contributed by atoms with Gasteiger partial charge in [0, 0.05) is 19.6 Å². The molecule has 1 N–H and O–H groups in total. The van der Waals surface area contributed by atoms with E-state index in [9.17, 15) is 0 Å². The number of rotatable bonds is 9. The minimum Gasteiger partial charge on any atom is -0.355 e. The molecule has 0 saturated carbocycles. The first-order chi connectivity index (χ1) is 9.88. The van der Waals surface area contributed by atoms with Gasteiger partial charge in [-0.25, -0.2) is 0 Å². The summed E-state index contributed by atoms with van der Waals surface area (Å²) >= 11 is 0. The van der Waals surface area contributed by atoms with Crippen LogP contribution in [-0.4, -0.2) is 29.8 Å². The molecule has 1 aromatic heterocycles. The molecule has 0 unspecified atom stereocenters. The van der Waals surface area contributed by atoms with Gasteiger partial charge in [0.1, 0.15) is 0 Å². The summed E-state index contributed by atoms with van der Waals surface area (Å²) < 4.78 is 0. The quantitative estimate of drug-likeness (QED) is 0.758. The highest BCUT2D eigenvalue weighted by molar-refractivity contribution is 5.37. The van der Waals surface area contributed by atoms with Gasteiger partial charge < -0.3 is 10.2 Å². The molecule has 0 aliphatic carbocycles. The van der Waals surface area contributed by atoms with Gasteiger partial charge in [-0.1, -0.05) is 41.5 Å². The Hall–Kier alpha value is -1.16. The second-order valence-electron chi connectivity index (χ2n) is 7.10. The zero-order chi connectivity index (χ0) is 15.8. The van der Waals surface area contributed by atoms with Crippen molar-refractivity contribution in [2.75, 3.05) is 24.5 Å². The molecule has 1 heterocycles. The Balaban J connectivity index is 2.63. The topological polar surface area (TPSA) is 41.0 Å². The SMILES string of the molecule is CC(C)CNCc1ccc(N(CC(C)C)CC(C)C)nn1. The van der Waals surface area contributed by atoms with Gasteiger partial charge in [0.25, 0.3) is 0 Å². The van der Waals surface area contributed by atoms with E-state index in [1.54, 1.807) is 0 Å². The van der Waals surface area contributed by atoms with E-state index < -0.39 is 0 Å². The van der Waals surface area contributed by atoms with Crippen molar-refractivity contribution in [1.82, 2.24) is 15.5 Å². The largest absolute Gasteiger partial charge is 0.355 e. The number of aromatic nitrogens is 2. The molecule has 1 aromatic rings. The second kappa shape index (κ2) is 8.98. The lowest BCUT2D eigenvalue weighted by molar-refractivity contribution is 0.539. The summed E-state index contributed by atoms with van der Waals surface area (Å²) in [6, 6.07) is 4.19. The first kappa shape index (κ1) is 17.9. The Morgan fingerprint density at radius 1 is 0.905 bits per heavy atom. The lowest BCUT2D eigenvalue weighted by atomic mass is 10.1. The Morgan fingerprint density at radius 3 is 1.95 bits per heavy atom. The van der Waals surface area contributed by atoms with Gasteiger partial charge in [0.15, 0.2) is 5.82 Å². The highest BCUT2D eigenvalue weighted by Gasteiger charge is 2.12. The molecular formula is C17H32N4. The van der Waals surface area contributed by atoms with Crippen molar-refractivity contribution in [3.8, 4) is 0 Å². The van der Waals surface area contributed by atoms with Crippen LogP contribution in [0.5, 0.6) is 0 Å². The van der Waals surface area contributed by atoms with Gasteiger partial charge in [0.2, 0.25) is 0 Å². The van der Waals surface area contributed by atoms with E-state index in [2.05, 4.69) is 74.1 Å². The fourth-order valence-corrected chi connectivity index (χ4v) is 2.25. The van der Waals surface area contributed by atoms with Crippen molar-refractivity contribution in [2.24, 2.45) is 17.8 Å². The van der Waals surface area contributed by atoms with Crippen LogP contribution in [0.4, 0.5) is 5.82 Å². The summed E-state index contributed by atoms with van der Waals surface area (Å²) in [7, 11) is 0. The number of hydrogen-bond acceptors (Lipinski definition) is 4. The minimum atomic E-state index is 0.623. The van der Waals surface area contributed by atoms with Gasteiger partial charge in [-0.3, -0.25) is 0 Å². The van der Waals surface area contributed by atoms with Crippen molar-refractivity contribution in [1.29, 1.82) is 0 Å². The van der Waals surface area contributed by atoms with E-state index in [0.717, 1.165) is 37.7 Å². The van der Waals surface area contributed by atoms with E-state index in [1.807, 2.05) is 0 Å². The number of hydrogen-bond donors (Lipinski definition) is 1. The van der Waals surface area contributed by atoms with Crippen LogP contribution in [0.3, 0.4) is 0 Å². The molecule has 4 nitrogen and oxygen atoms in total. The molecule has 0 aromatic carbocycles. The summed E-state index contributed by atoms with van der Waals surface area (Å²) in [5, 5.41) is 12.2. The van der Waals surface area contributed by atoms with Gasteiger partial charge in [0.05, 0.1) is 5.69 Å². The molecule has 0 amide bonds. The molecule has 0 atom stereocenters. The van der Waals surface area contributed by atoms with E-state index in [1.165, 1.54) is 0 Å². The number of nitrogens with one attached hydrogen (secondary N) is 1. The Labute approximate surface area is 130 Å². The normalized spacial score (nSPS) is 11.7. The molecule has 0 spiro atoms. The van der Waals surface area contributed by atoms with Crippen LogP contribution < -0.4 is 10.2 Å². The average Bonchev–Trinajstić information content (AvgIpc) is 2.37. The molecule has 120 valence electrons. The van der Waals surface area contributed by atoms with Crippen molar-refractivity contribution in [2.45, 2.75) is 48.1 Å². The highest BCUT2D eigenvalue weighted by Crippen LogP contribution is 2.14. The Kier molecular flexibility index (Phi) is 7.65. The summed E-state index contributed by atoms with van der Waals surface area (Å²) in [4.78, 5) is 2.34. The third-order valence-corrected chi connectivity index (χ3v) is 3.06. The molecule has 0 radical (unpaired) electrons. The Bertz CT molecular complexity index is 374. The van der Waals surface area contributed by atoms with Crippen LogP contribution >= 0.6 is 0 Å². The maximum Gasteiger partial charge on any atom is 0.151 e. The molecule has 0 saturated heterocycles. The van der Waals surface area contributed by atoms with Gasteiger partial charge in [-0.05, 0) is 36.4 Å². The van der Waals surface area contributed by atoms with Gasteiger partial charge in [-0.2, -0.15) is 5.10 Å². The Morgan fingerprint density at radius 2 is 1.52 bits per heavy atom. The smallest absolute Gasteiger partial charge is 0.151 e. The summed E-state index contributed by atoms with van der Waals surface area (Å²) in [5.74, 6) is 2.89.